The van der Waals surface area contributed by atoms with Gasteiger partial charge >= 0.3 is 0 Å². The summed E-state index contributed by atoms with van der Waals surface area (Å²) in [5.74, 6) is 0.0468. The fourth-order valence-electron chi connectivity index (χ4n) is 6.33. The molecule has 0 radical (unpaired) electrons. The summed E-state index contributed by atoms with van der Waals surface area (Å²) < 4.78 is 12.5. The van der Waals surface area contributed by atoms with Crippen LogP contribution in [0.1, 0.15) is 116 Å². The Morgan fingerprint density at radius 2 is 1.03 bits per heavy atom. The largest absolute Gasteiger partial charge is 0.374 e. The van der Waals surface area contributed by atoms with Gasteiger partial charge in [0, 0.05) is 25.3 Å². The summed E-state index contributed by atoms with van der Waals surface area (Å²) in [7, 11) is 3.59. The maximum absolute atomic E-state index is 14.5. The van der Waals surface area contributed by atoms with Crippen molar-refractivity contribution >= 4 is 16.9 Å². The molecular weight excluding hydrogens is 444 g/mol. The number of rotatable bonds is 8. The van der Waals surface area contributed by atoms with E-state index in [9.17, 15) is 4.79 Å². The molecule has 0 bridgehead atoms. The molecule has 0 atom stereocenters. The zero-order valence-electron chi connectivity index (χ0n) is 22.7. The van der Waals surface area contributed by atoms with Gasteiger partial charge in [-0.15, -0.1) is 0 Å². The van der Waals surface area contributed by atoms with E-state index in [1.54, 1.807) is 14.2 Å². The Morgan fingerprint density at radius 3 is 1.33 bits per heavy atom. The van der Waals surface area contributed by atoms with Crippen LogP contribution >= 0.6 is 0 Å². The molecule has 3 heteroatoms. The van der Waals surface area contributed by atoms with Crippen LogP contribution in [0.3, 0.4) is 0 Å². The van der Waals surface area contributed by atoms with E-state index in [1.165, 1.54) is 12.8 Å². The number of allylic oxidation sites excluding steroid dienone is 2. The van der Waals surface area contributed by atoms with Crippen LogP contribution in [0.25, 0.3) is 11.1 Å². The van der Waals surface area contributed by atoms with E-state index in [1.807, 2.05) is 38.1 Å². The first-order chi connectivity index (χ1) is 17.3. The molecule has 2 aromatic rings. The average molecular weight is 487 g/mol. The van der Waals surface area contributed by atoms with Gasteiger partial charge in [0.1, 0.15) is 0 Å². The van der Waals surface area contributed by atoms with Crippen molar-refractivity contribution in [3.8, 4) is 0 Å². The molecule has 0 spiro atoms. The molecule has 0 N–H and O–H groups in total. The van der Waals surface area contributed by atoms with Crippen LogP contribution in [0.4, 0.5) is 0 Å². The summed E-state index contributed by atoms with van der Waals surface area (Å²) >= 11 is 0. The van der Waals surface area contributed by atoms with Crippen LogP contribution in [0.5, 0.6) is 0 Å². The third kappa shape index (κ3) is 4.88. The minimum absolute atomic E-state index is 0.0468. The van der Waals surface area contributed by atoms with Crippen LogP contribution in [0, 0.1) is 0 Å². The van der Waals surface area contributed by atoms with Gasteiger partial charge in [0.25, 0.3) is 0 Å². The highest BCUT2D eigenvalue weighted by Gasteiger charge is 2.40. The first kappa shape index (κ1) is 26.6. The molecule has 0 amide bonds. The van der Waals surface area contributed by atoms with Gasteiger partial charge in [-0.1, -0.05) is 87.1 Å². The van der Waals surface area contributed by atoms with Crippen molar-refractivity contribution in [3.05, 3.63) is 82.9 Å². The van der Waals surface area contributed by atoms with Crippen molar-refractivity contribution in [1.29, 1.82) is 0 Å². The van der Waals surface area contributed by atoms with Crippen molar-refractivity contribution < 1.29 is 14.3 Å². The number of hydrogen-bond donors (Lipinski definition) is 0. The molecule has 2 aliphatic rings. The van der Waals surface area contributed by atoms with Crippen molar-refractivity contribution in [1.82, 2.24) is 0 Å². The van der Waals surface area contributed by atoms with Gasteiger partial charge in [0.05, 0.1) is 11.2 Å². The molecular formula is C33H42O3. The van der Waals surface area contributed by atoms with Gasteiger partial charge in [0.15, 0.2) is 5.78 Å². The van der Waals surface area contributed by atoms with Crippen LogP contribution in [0.15, 0.2) is 49.6 Å². The number of ketones is 1. The smallest absolute Gasteiger partial charge is 0.193 e. The van der Waals surface area contributed by atoms with Crippen molar-refractivity contribution in [2.75, 3.05) is 14.2 Å². The summed E-state index contributed by atoms with van der Waals surface area (Å²) in [6.07, 6.45) is 10.5. The number of methoxy groups -OCH3 is 2. The van der Waals surface area contributed by atoms with Gasteiger partial charge in [-0.05, 0) is 73.9 Å². The summed E-state index contributed by atoms with van der Waals surface area (Å²) in [6.45, 7) is 12.4. The van der Waals surface area contributed by atoms with E-state index < -0.39 is 11.2 Å². The number of carbonyl (C=O) groups excluding carboxylic acids is 1. The zero-order valence-corrected chi connectivity index (χ0v) is 22.7. The lowest BCUT2D eigenvalue weighted by atomic mass is 9.73. The molecule has 0 saturated heterocycles. The number of ether oxygens (including phenoxy) is 2. The molecule has 192 valence electrons. The summed E-state index contributed by atoms with van der Waals surface area (Å²) in [5, 5.41) is 0. The highest BCUT2D eigenvalue weighted by Crippen LogP contribution is 2.45. The highest BCUT2D eigenvalue weighted by molar-refractivity contribution is 6.11. The fourth-order valence-corrected chi connectivity index (χ4v) is 6.33. The molecule has 36 heavy (non-hydrogen) atoms. The lowest BCUT2D eigenvalue weighted by molar-refractivity contribution is -0.0454. The molecule has 2 fully saturated rings. The van der Waals surface area contributed by atoms with Gasteiger partial charge in [-0.3, -0.25) is 4.79 Å². The second kappa shape index (κ2) is 10.9. The van der Waals surface area contributed by atoms with E-state index in [0.717, 1.165) is 95.9 Å². The van der Waals surface area contributed by atoms with E-state index >= 15 is 0 Å². The Balaban J connectivity index is 1.91. The Labute approximate surface area is 217 Å². The Hall–Kier alpha value is -2.49. The summed E-state index contributed by atoms with van der Waals surface area (Å²) in [5.41, 5.74) is 6.66. The minimum atomic E-state index is -0.448. The maximum Gasteiger partial charge on any atom is 0.193 e. The topological polar surface area (TPSA) is 35.5 Å². The number of hydrogen-bond acceptors (Lipinski definition) is 3. The average Bonchev–Trinajstić information content (AvgIpc) is 2.92. The zero-order chi connectivity index (χ0) is 25.9. The van der Waals surface area contributed by atoms with Gasteiger partial charge in [0.2, 0.25) is 0 Å². The third-order valence-electron chi connectivity index (χ3n) is 8.60. The van der Waals surface area contributed by atoms with Crippen LogP contribution in [0.2, 0.25) is 0 Å². The first-order valence-electron chi connectivity index (χ1n) is 13.5. The number of benzene rings is 2. The van der Waals surface area contributed by atoms with Gasteiger partial charge in [-0.25, -0.2) is 0 Å². The standard InChI is InChI=1S/C33H42O3/c1-23(2)25-13-15-27(29(21-25)32(35-5)17-9-7-10-18-32)31(34)28-16-14-26(24(3)4)22-30(28)33(36-6)19-11-8-12-20-33/h13-16,21-22H,1,3,7-12,17-20H2,2,4-6H3. The normalized spacial score (nSPS) is 19.0. The van der Waals surface area contributed by atoms with E-state index in [-0.39, 0.29) is 5.78 Å². The fraction of sp³-hybridized carbons (Fsp3) is 0.485. The first-order valence-corrected chi connectivity index (χ1v) is 13.5. The molecule has 0 heterocycles. The van der Waals surface area contributed by atoms with Crippen molar-refractivity contribution in [3.63, 3.8) is 0 Å². The Kier molecular flexibility index (Phi) is 8.02. The van der Waals surface area contributed by atoms with Crippen molar-refractivity contribution in [2.45, 2.75) is 89.3 Å². The molecule has 2 aliphatic carbocycles. The number of carbonyl (C=O) groups is 1. The second-order valence-electron chi connectivity index (χ2n) is 10.9. The molecule has 4 rings (SSSR count). The van der Waals surface area contributed by atoms with E-state index in [2.05, 4.69) is 25.3 Å². The van der Waals surface area contributed by atoms with Crippen LogP contribution in [-0.2, 0) is 20.7 Å². The minimum Gasteiger partial charge on any atom is -0.374 e. The second-order valence-corrected chi connectivity index (χ2v) is 10.9. The quantitative estimate of drug-likeness (QED) is 0.350. The van der Waals surface area contributed by atoms with Gasteiger partial charge in [-0.2, -0.15) is 0 Å². The van der Waals surface area contributed by atoms with Crippen LogP contribution < -0.4 is 0 Å². The monoisotopic (exact) mass is 486 g/mol. The van der Waals surface area contributed by atoms with E-state index in [4.69, 9.17) is 9.47 Å². The molecule has 3 nitrogen and oxygen atoms in total. The predicted octanol–water partition coefficient (Wildman–Crippen LogP) is 8.60. The molecule has 0 unspecified atom stereocenters. The molecule has 0 aliphatic heterocycles. The predicted molar refractivity (Wildman–Crippen MR) is 149 cm³/mol. The highest BCUT2D eigenvalue weighted by atomic mass is 16.5. The SMILES string of the molecule is C=C(C)c1ccc(C(=O)c2ccc(C(=C)C)cc2C2(OC)CCCCC2)c(C2(OC)CCCCC2)c1. The van der Waals surface area contributed by atoms with Gasteiger partial charge < -0.3 is 9.47 Å². The third-order valence-corrected chi connectivity index (χ3v) is 8.60. The molecule has 2 aromatic carbocycles. The molecule has 2 saturated carbocycles. The Morgan fingerprint density at radius 1 is 0.667 bits per heavy atom. The lowest BCUT2D eigenvalue weighted by Gasteiger charge is -2.39. The van der Waals surface area contributed by atoms with Crippen molar-refractivity contribution in [2.24, 2.45) is 0 Å². The maximum atomic E-state index is 14.5. The Bertz CT molecular complexity index is 1050. The van der Waals surface area contributed by atoms with Crippen LogP contribution in [-0.4, -0.2) is 20.0 Å². The summed E-state index contributed by atoms with van der Waals surface area (Å²) in [4.78, 5) is 14.5. The summed E-state index contributed by atoms with van der Waals surface area (Å²) in [6, 6.07) is 12.3. The lowest BCUT2D eigenvalue weighted by Crippen LogP contribution is -2.35. The van der Waals surface area contributed by atoms with E-state index in [0.29, 0.717) is 0 Å². The molecule has 0 aromatic heterocycles.